The number of carbonyl (C=O) groups excluding carboxylic acids is 1. The maximum absolute atomic E-state index is 11.9. The van der Waals surface area contributed by atoms with E-state index in [0.717, 1.165) is 24.2 Å². The van der Waals surface area contributed by atoms with E-state index in [-0.39, 0.29) is 17.3 Å². The van der Waals surface area contributed by atoms with Crippen molar-refractivity contribution >= 4 is 33.2 Å². The summed E-state index contributed by atoms with van der Waals surface area (Å²) >= 11 is 0. The van der Waals surface area contributed by atoms with E-state index in [4.69, 9.17) is 4.42 Å². The lowest BCUT2D eigenvalue weighted by Gasteiger charge is -2.20. The van der Waals surface area contributed by atoms with Crippen molar-refractivity contribution in [2.75, 3.05) is 30.0 Å². The van der Waals surface area contributed by atoms with Crippen molar-refractivity contribution in [1.29, 1.82) is 0 Å². The van der Waals surface area contributed by atoms with E-state index < -0.39 is 10.8 Å². The fourth-order valence-electron chi connectivity index (χ4n) is 2.20. The third-order valence-electron chi connectivity index (χ3n) is 3.24. The van der Waals surface area contributed by atoms with Gasteiger partial charge >= 0.3 is 0 Å². The maximum Gasteiger partial charge on any atom is 0.210 e. The number of Topliss-reactive ketones (excluding diaryl/α,β-unsaturated/α-hetero) is 1. The fourth-order valence-corrected chi connectivity index (χ4v) is 2.71. The molecule has 0 amide bonds. The Balaban J connectivity index is 2.34. The van der Waals surface area contributed by atoms with Crippen molar-refractivity contribution in [2.45, 2.75) is 13.8 Å². The van der Waals surface area contributed by atoms with Crippen LogP contribution in [0.5, 0.6) is 0 Å². The summed E-state index contributed by atoms with van der Waals surface area (Å²) in [4.78, 5) is 14.1. The van der Waals surface area contributed by atoms with E-state index >= 15 is 0 Å². The lowest BCUT2D eigenvalue weighted by atomic mass is 10.2. The van der Waals surface area contributed by atoms with Gasteiger partial charge in [-0.25, -0.2) is 0 Å². The molecule has 0 aliphatic rings. The van der Waals surface area contributed by atoms with Gasteiger partial charge in [0.15, 0.2) is 5.76 Å². The Morgan fingerprint density at radius 2 is 1.95 bits per heavy atom. The summed E-state index contributed by atoms with van der Waals surface area (Å²) in [6.07, 6.45) is 1.51. The largest absolute Gasteiger partial charge is 0.453 e. The standard InChI is InChI=1S/C15H19NO3S/c1-4-16(5-2)12-7-6-11-8-15(19-14(11)9-12)13(17)10-20(3)18/h6-9H,4-5,10H2,1-3H3. The first kappa shape index (κ1) is 14.8. The Labute approximate surface area is 121 Å². The van der Waals surface area contributed by atoms with E-state index in [9.17, 15) is 9.00 Å². The maximum atomic E-state index is 11.9. The quantitative estimate of drug-likeness (QED) is 0.768. The van der Waals surface area contributed by atoms with Gasteiger partial charge in [0.05, 0.1) is 5.75 Å². The lowest BCUT2D eigenvalue weighted by Crippen LogP contribution is -2.21. The summed E-state index contributed by atoms with van der Waals surface area (Å²) < 4.78 is 16.7. The van der Waals surface area contributed by atoms with E-state index in [2.05, 4.69) is 18.7 Å². The highest BCUT2D eigenvalue weighted by Crippen LogP contribution is 2.25. The van der Waals surface area contributed by atoms with Gasteiger partial charge in [0.1, 0.15) is 5.58 Å². The molecule has 0 aliphatic carbocycles. The number of rotatable bonds is 6. The van der Waals surface area contributed by atoms with Crippen LogP contribution >= 0.6 is 0 Å². The average molecular weight is 293 g/mol. The Morgan fingerprint density at radius 1 is 1.25 bits per heavy atom. The predicted octanol–water partition coefficient (Wildman–Crippen LogP) is 2.84. The summed E-state index contributed by atoms with van der Waals surface area (Å²) in [7, 11) is -1.15. The minimum Gasteiger partial charge on any atom is -0.453 e. The van der Waals surface area contributed by atoms with Crippen LogP contribution in [-0.4, -0.2) is 35.1 Å². The van der Waals surface area contributed by atoms with Crippen molar-refractivity contribution in [3.63, 3.8) is 0 Å². The Kier molecular flexibility index (Phi) is 4.60. The van der Waals surface area contributed by atoms with Crippen molar-refractivity contribution < 1.29 is 13.4 Å². The molecule has 1 aromatic carbocycles. The second-order valence-corrected chi connectivity index (χ2v) is 6.08. The van der Waals surface area contributed by atoms with Crippen molar-refractivity contribution in [3.05, 3.63) is 30.0 Å². The first-order chi connectivity index (χ1) is 9.55. The monoisotopic (exact) mass is 293 g/mol. The number of nitrogens with zero attached hydrogens (tertiary/aromatic N) is 1. The Morgan fingerprint density at radius 3 is 2.55 bits per heavy atom. The topological polar surface area (TPSA) is 50.5 Å². The molecule has 1 aromatic heterocycles. The zero-order valence-electron chi connectivity index (χ0n) is 12.0. The summed E-state index contributed by atoms with van der Waals surface area (Å²) in [5, 5.41) is 0.895. The van der Waals surface area contributed by atoms with Crippen LogP contribution in [0, 0.1) is 0 Å². The van der Waals surface area contributed by atoms with Gasteiger partial charge in [0, 0.05) is 47.3 Å². The normalized spacial score (nSPS) is 12.6. The van der Waals surface area contributed by atoms with Gasteiger partial charge in [-0.05, 0) is 32.0 Å². The number of carbonyl (C=O) groups is 1. The highest BCUT2D eigenvalue weighted by Gasteiger charge is 2.14. The van der Waals surface area contributed by atoms with Gasteiger partial charge < -0.3 is 9.32 Å². The average Bonchev–Trinajstić information content (AvgIpc) is 2.82. The van der Waals surface area contributed by atoms with Crippen LogP contribution < -0.4 is 4.90 Å². The number of benzene rings is 1. The highest BCUT2D eigenvalue weighted by atomic mass is 32.2. The van der Waals surface area contributed by atoms with Crippen molar-refractivity contribution in [2.24, 2.45) is 0 Å². The molecule has 2 aromatic rings. The molecule has 5 heteroatoms. The van der Waals surface area contributed by atoms with E-state index in [1.807, 2.05) is 18.2 Å². The molecular formula is C15H19NO3S. The first-order valence-corrected chi connectivity index (χ1v) is 8.39. The van der Waals surface area contributed by atoms with Crippen LogP contribution in [0.4, 0.5) is 5.69 Å². The molecule has 0 saturated heterocycles. The van der Waals surface area contributed by atoms with Gasteiger partial charge in [-0.3, -0.25) is 9.00 Å². The van der Waals surface area contributed by atoms with Crippen LogP contribution in [0.3, 0.4) is 0 Å². The molecule has 0 radical (unpaired) electrons. The number of hydrogen-bond donors (Lipinski definition) is 0. The van der Waals surface area contributed by atoms with Crippen LogP contribution in [0.25, 0.3) is 11.0 Å². The molecule has 0 fully saturated rings. The summed E-state index contributed by atoms with van der Waals surface area (Å²) in [6, 6.07) is 7.64. The molecule has 2 rings (SSSR count). The summed E-state index contributed by atoms with van der Waals surface area (Å²) in [6.45, 7) is 6.04. The van der Waals surface area contributed by atoms with Gasteiger partial charge in [0.2, 0.25) is 5.78 Å². The molecule has 20 heavy (non-hydrogen) atoms. The number of furan rings is 1. The van der Waals surface area contributed by atoms with Crippen LogP contribution in [0.1, 0.15) is 24.4 Å². The summed E-state index contributed by atoms with van der Waals surface area (Å²) in [5.41, 5.74) is 1.77. The number of ketones is 1. The molecule has 0 bridgehead atoms. The second-order valence-electron chi connectivity index (χ2n) is 4.65. The molecule has 0 spiro atoms. The molecule has 0 aliphatic heterocycles. The van der Waals surface area contributed by atoms with Crippen LogP contribution in [0.2, 0.25) is 0 Å². The Hall–Kier alpha value is -1.62. The second kappa shape index (κ2) is 6.22. The zero-order chi connectivity index (χ0) is 14.7. The van der Waals surface area contributed by atoms with Gasteiger partial charge in [0.25, 0.3) is 0 Å². The minimum absolute atomic E-state index is 0.00270. The molecule has 1 unspecified atom stereocenters. The van der Waals surface area contributed by atoms with Crippen LogP contribution in [-0.2, 0) is 10.8 Å². The fraction of sp³-hybridized carbons (Fsp3) is 0.400. The van der Waals surface area contributed by atoms with Crippen molar-refractivity contribution in [3.8, 4) is 0 Å². The van der Waals surface area contributed by atoms with Crippen molar-refractivity contribution in [1.82, 2.24) is 0 Å². The number of fused-ring (bicyclic) bond motifs is 1. The molecule has 108 valence electrons. The number of hydrogen-bond acceptors (Lipinski definition) is 4. The Bertz CT molecular complexity index is 644. The lowest BCUT2D eigenvalue weighted by molar-refractivity contribution is 0.0993. The highest BCUT2D eigenvalue weighted by molar-refractivity contribution is 7.85. The van der Waals surface area contributed by atoms with E-state index in [1.165, 1.54) is 6.26 Å². The summed E-state index contributed by atoms with van der Waals surface area (Å²) in [5.74, 6) is 0.0706. The molecular weight excluding hydrogens is 274 g/mol. The van der Waals surface area contributed by atoms with Gasteiger partial charge in [-0.15, -0.1) is 0 Å². The molecule has 1 atom stereocenters. The minimum atomic E-state index is -1.15. The zero-order valence-corrected chi connectivity index (χ0v) is 12.8. The predicted molar refractivity (Wildman–Crippen MR) is 83.0 cm³/mol. The third kappa shape index (κ3) is 3.10. The SMILES string of the molecule is CCN(CC)c1ccc2cc(C(=O)CS(C)=O)oc2c1. The van der Waals surface area contributed by atoms with Gasteiger partial charge in [-0.1, -0.05) is 0 Å². The van der Waals surface area contributed by atoms with Gasteiger partial charge in [-0.2, -0.15) is 0 Å². The van der Waals surface area contributed by atoms with E-state index in [1.54, 1.807) is 6.07 Å². The smallest absolute Gasteiger partial charge is 0.210 e. The van der Waals surface area contributed by atoms with Crippen LogP contribution in [0.15, 0.2) is 28.7 Å². The third-order valence-corrected chi connectivity index (χ3v) is 3.91. The molecule has 0 N–H and O–H groups in total. The number of anilines is 1. The molecule has 0 saturated carbocycles. The molecule has 1 heterocycles. The molecule has 4 nitrogen and oxygen atoms in total. The van der Waals surface area contributed by atoms with E-state index in [0.29, 0.717) is 5.58 Å². The first-order valence-electron chi connectivity index (χ1n) is 6.67.